The molecule has 0 aliphatic rings. The van der Waals surface area contributed by atoms with Gasteiger partial charge in [-0.1, -0.05) is 164 Å². The van der Waals surface area contributed by atoms with E-state index in [4.69, 9.17) is 14.2 Å². The van der Waals surface area contributed by atoms with E-state index in [-0.39, 0.29) is 31.1 Å². The summed E-state index contributed by atoms with van der Waals surface area (Å²) in [6.45, 7) is 6.34. The predicted molar refractivity (Wildman–Crippen MR) is 224 cm³/mol. The molecule has 53 heavy (non-hydrogen) atoms. The van der Waals surface area contributed by atoms with E-state index in [1.165, 1.54) is 25.7 Å². The second-order valence-corrected chi connectivity index (χ2v) is 14.0. The first-order valence-corrected chi connectivity index (χ1v) is 21.5. The summed E-state index contributed by atoms with van der Waals surface area (Å²) in [5.41, 5.74) is 0. The number of allylic oxidation sites excluding steroid dienone is 12. The molecule has 0 aromatic rings. The normalized spacial score (nSPS) is 12.7. The van der Waals surface area contributed by atoms with Crippen molar-refractivity contribution in [2.45, 2.75) is 194 Å². The van der Waals surface area contributed by atoms with E-state index in [2.05, 4.69) is 69.4 Å². The van der Waals surface area contributed by atoms with Gasteiger partial charge in [-0.2, -0.15) is 0 Å². The fourth-order valence-electron chi connectivity index (χ4n) is 5.47. The fraction of sp³-hybridized carbons (Fsp3) is 0.681. The molecule has 0 aliphatic carbocycles. The van der Waals surface area contributed by atoms with Gasteiger partial charge in [0.2, 0.25) is 0 Å². The minimum absolute atomic E-state index is 0.0952. The lowest BCUT2D eigenvalue weighted by Crippen LogP contribution is -2.30. The number of carbonyl (C=O) groups excluding carboxylic acids is 3. The van der Waals surface area contributed by atoms with Gasteiger partial charge in [0, 0.05) is 19.3 Å². The summed E-state index contributed by atoms with van der Waals surface area (Å²) < 4.78 is 16.6. The third-order valence-electron chi connectivity index (χ3n) is 8.76. The highest BCUT2D eigenvalue weighted by atomic mass is 16.6. The molecule has 0 amide bonds. The van der Waals surface area contributed by atoms with E-state index in [0.29, 0.717) is 19.3 Å². The first kappa shape index (κ1) is 49.9. The number of unbranched alkanes of at least 4 members (excludes halogenated alkanes) is 17. The van der Waals surface area contributed by atoms with Gasteiger partial charge in [-0.15, -0.1) is 0 Å². The summed E-state index contributed by atoms with van der Waals surface area (Å²) >= 11 is 0. The van der Waals surface area contributed by atoms with Crippen LogP contribution < -0.4 is 0 Å². The molecule has 0 rings (SSSR count). The number of ether oxygens (including phenoxy) is 3. The van der Waals surface area contributed by atoms with Crippen LogP contribution in [0, 0.1) is 0 Å². The Bertz CT molecular complexity index is 1030. The van der Waals surface area contributed by atoms with Crippen LogP contribution in [0.1, 0.15) is 188 Å². The molecule has 0 radical (unpaired) electrons. The molecule has 6 nitrogen and oxygen atoms in total. The van der Waals surface area contributed by atoms with Crippen LogP contribution in [-0.2, 0) is 28.6 Å². The maximum absolute atomic E-state index is 12.6. The first-order chi connectivity index (χ1) is 26.0. The molecular weight excluding hydrogens is 661 g/mol. The maximum atomic E-state index is 12.6. The Morgan fingerprint density at radius 3 is 1.21 bits per heavy atom. The first-order valence-electron chi connectivity index (χ1n) is 21.5. The summed E-state index contributed by atoms with van der Waals surface area (Å²) in [4.78, 5) is 37.6. The van der Waals surface area contributed by atoms with Crippen LogP contribution in [0.2, 0.25) is 0 Å². The highest BCUT2D eigenvalue weighted by molar-refractivity contribution is 5.71. The molecule has 0 bridgehead atoms. The number of carbonyl (C=O) groups is 3. The van der Waals surface area contributed by atoms with Crippen molar-refractivity contribution < 1.29 is 28.6 Å². The molecule has 0 fully saturated rings. The summed E-state index contributed by atoms with van der Waals surface area (Å²) in [5, 5.41) is 0. The molecule has 0 aliphatic heterocycles. The van der Waals surface area contributed by atoms with E-state index in [1.807, 2.05) is 24.3 Å². The van der Waals surface area contributed by atoms with Crippen molar-refractivity contribution >= 4 is 17.9 Å². The van der Waals surface area contributed by atoms with Crippen LogP contribution in [0.3, 0.4) is 0 Å². The van der Waals surface area contributed by atoms with Crippen LogP contribution >= 0.6 is 0 Å². The molecule has 1 atom stereocenters. The van der Waals surface area contributed by atoms with Crippen molar-refractivity contribution in [2.75, 3.05) is 13.2 Å². The van der Waals surface area contributed by atoms with Crippen LogP contribution in [0.5, 0.6) is 0 Å². The van der Waals surface area contributed by atoms with Crippen molar-refractivity contribution in [3.8, 4) is 0 Å². The summed E-state index contributed by atoms with van der Waals surface area (Å²) in [5.74, 6) is -0.955. The zero-order valence-corrected chi connectivity index (χ0v) is 34.3. The zero-order valence-electron chi connectivity index (χ0n) is 34.3. The SMILES string of the molecule is CC\C=C/C=C\C=C/C=C\CCCCCCCC(=O)OCC(COC(=O)CCCCCC/C=C\CCCC)OC(=O)CCCCCC/C=C\CCCC. The second-order valence-electron chi connectivity index (χ2n) is 14.0. The summed E-state index contributed by atoms with van der Waals surface area (Å²) in [6.07, 6.45) is 50.3. The van der Waals surface area contributed by atoms with Gasteiger partial charge in [0.25, 0.3) is 0 Å². The van der Waals surface area contributed by atoms with Crippen LogP contribution in [0.25, 0.3) is 0 Å². The highest BCUT2D eigenvalue weighted by Gasteiger charge is 2.19. The van der Waals surface area contributed by atoms with Crippen LogP contribution in [0.4, 0.5) is 0 Å². The van der Waals surface area contributed by atoms with E-state index < -0.39 is 6.10 Å². The Labute approximate surface area is 325 Å². The van der Waals surface area contributed by atoms with Gasteiger partial charge in [0.1, 0.15) is 13.2 Å². The van der Waals surface area contributed by atoms with Crippen molar-refractivity contribution in [1.29, 1.82) is 0 Å². The Balaban J connectivity index is 4.44. The fourth-order valence-corrected chi connectivity index (χ4v) is 5.47. The number of hydrogen-bond acceptors (Lipinski definition) is 6. The lowest BCUT2D eigenvalue weighted by atomic mass is 10.1. The zero-order chi connectivity index (χ0) is 38.7. The van der Waals surface area contributed by atoms with Crippen molar-refractivity contribution in [1.82, 2.24) is 0 Å². The van der Waals surface area contributed by atoms with Crippen molar-refractivity contribution in [2.24, 2.45) is 0 Å². The number of hydrogen-bond donors (Lipinski definition) is 0. The molecular formula is C47H78O6. The van der Waals surface area contributed by atoms with Gasteiger partial charge in [-0.3, -0.25) is 14.4 Å². The molecule has 0 spiro atoms. The third-order valence-corrected chi connectivity index (χ3v) is 8.76. The molecule has 302 valence electrons. The van der Waals surface area contributed by atoms with Crippen LogP contribution in [0.15, 0.2) is 72.9 Å². The van der Waals surface area contributed by atoms with Gasteiger partial charge in [0.15, 0.2) is 6.10 Å². The molecule has 6 heteroatoms. The monoisotopic (exact) mass is 739 g/mol. The van der Waals surface area contributed by atoms with Gasteiger partial charge in [0.05, 0.1) is 0 Å². The average Bonchev–Trinajstić information content (AvgIpc) is 3.15. The minimum Gasteiger partial charge on any atom is -0.462 e. The third kappa shape index (κ3) is 39.9. The van der Waals surface area contributed by atoms with Gasteiger partial charge < -0.3 is 14.2 Å². The van der Waals surface area contributed by atoms with E-state index >= 15 is 0 Å². The topological polar surface area (TPSA) is 78.9 Å². The van der Waals surface area contributed by atoms with Gasteiger partial charge >= 0.3 is 17.9 Å². The average molecular weight is 739 g/mol. The molecule has 0 N–H and O–H groups in total. The Kier molecular flexibility index (Phi) is 39.1. The molecule has 1 unspecified atom stereocenters. The van der Waals surface area contributed by atoms with Crippen molar-refractivity contribution in [3.63, 3.8) is 0 Å². The number of rotatable bonds is 37. The van der Waals surface area contributed by atoms with Crippen LogP contribution in [-0.4, -0.2) is 37.2 Å². The molecule has 0 saturated carbocycles. The highest BCUT2D eigenvalue weighted by Crippen LogP contribution is 2.12. The summed E-state index contributed by atoms with van der Waals surface area (Å²) in [6, 6.07) is 0. The second kappa shape index (κ2) is 41.6. The van der Waals surface area contributed by atoms with E-state index in [1.54, 1.807) is 0 Å². The minimum atomic E-state index is -0.792. The smallest absolute Gasteiger partial charge is 0.306 e. The quantitative estimate of drug-likeness (QED) is 0.0208. The summed E-state index contributed by atoms with van der Waals surface area (Å²) in [7, 11) is 0. The molecule has 0 heterocycles. The Morgan fingerprint density at radius 1 is 0.396 bits per heavy atom. The molecule has 0 saturated heterocycles. The standard InChI is InChI=1S/C47H78O6/c1-4-7-10-13-16-19-22-23-24-25-26-29-31-34-37-40-46(49)52-43-44(53-47(50)41-38-35-32-28-21-18-15-12-9-6-3)42-51-45(48)39-36-33-30-27-20-17-14-11-8-5-2/h7,10,13-19,22-24,44H,4-6,8-9,11-12,20-21,25-43H2,1-3H3/b10-7-,16-13-,17-14-,18-15-,22-19-,24-23-. The predicted octanol–water partition coefficient (Wildman–Crippen LogP) is 13.5. The van der Waals surface area contributed by atoms with E-state index in [9.17, 15) is 14.4 Å². The molecule has 0 aromatic carbocycles. The van der Waals surface area contributed by atoms with Gasteiger partial charge in [-0.25, -0.2) is 0 Å². The largest absolute Gasteiger partial charge is 0.462 e. The number of esters is 3. The molecule has 0 aromatic heterocycles. The van der Waals surface area contributed by atoms with Gasteiger partial charge in [-0.05, 0) is 77.0 Å². The lowest BCUT2D eigenvalue weighted by molar-refractivity contribution is -0.167. The Morgan fingerprint density at radius 2 is 0.755 bits per heavy atom. The van der Waals surface area contributed by atoms with Crippen molar-refractivity contribution in [3.05, 3.63) is 72.9 Å². The Hall–Kier alpha value is -3.15. The van der Waals surface area contributed by atoms with E-state index in [0.717, 1.165) is 122 Å². The lowest BCUT2D eigenvalue weighted by Gasteiger charge is -2.18. The maximum Gasteiger partial charge on any atom is 0.306 e.